The van der Waals surface area contributed by atoms with Gasteiger partial charge < -0.3 is 4.42 Å². The summed E-state index contributed by atoms with van der Waals surface area (Å²) in [7, 11) is -3.86. The van der Waals surface area contributed by atoms with Crippen LogP contribution in [0.2, 0.25) is 0 Å². The third-order valence-electron chi connectivity index (χ3n) is 5.24. The standard InChI is InChI=1S/C25H17F3N2O4S/c26-25(27,28)22-15-24(31)34-23-10-5-18(14-21(22)23)13-17-3-8-20(9-4-17)35(32,33)30-19-6-1-16(2-7-19)11-12-29/h1-10,14-15,30H,11,13H2. The van der Waals surface area contributed by atoms with Crippen LogP contribution in [-0.2, 0) is 29.0 Å². The van der Waals surface area contributed by atoms with Gasteiger partial charge in [-0.25, -0.2) is 13.2 Å². The molecule has 178 valence electrons. The highest BCUT2D eigenvalue weighted by Crippen LogP contribution is 2.34. The zero-order valence-corrected chi connectivity index (χ0v) is 18.8. The molecule has 0 aliphatic heterocycles. The number of halogens is 3. The molecule has 0 spiro atoms. The zero-order chi connectivity index (χ0) is 25.2. The Morgan fingerprint density at radius 3 is 2.14 bits per heavy atom. The number of nitrogens with one attached hydrogen (secondary N) is 1. The van der Waals surface area contributed by atoms with Crippen molar-refractivity contribution >= 4 is 26.7 Å². The fourth-order valence-electron chi connectivity index (χ4n) is 3.57. The molecule has 35 heavy (non-hydrogen) atoms. The normalized spacial score (nSPS) is 11.8. The average molecular weight is 498 g/mol. The lowest BCUT2D eigenvalue weighted by atomic mass is 10.0. The van der Waals surface area contributed by atoms with E-state index in [-0.39, 0.29) is 28.7 Å². The minimum Gasteiger partial charge on any atom is -0.423 e. The third-order valence-corrected chi connectivity index (χ3v) is 6.64. The number of alkyl halides is 3. The largest absolute Gasteiger partial charge is 0.423 e. The first kappa shape index (κ1) is 24.0. The fraction of sp³-hybridized carbons (Fsp3) is 0.120. The Labute approximate surface area is 198 Å². The highest BCUT2D eigenvalue weighted by molar-refractivity contribution is 7.92. The Hall–Kier alpha value is -4.10. The molecule has 0 saturated carbocycles. The highest BCUT2D eigenvalue weighted by Gasteiger charge is 2.33. The first-order valence-corrected chi connectivity index (χ1v) is 11.8. The van der Waals surface area contributed by atoms with Gasteiger partial charge in [0.25, 0.3) is 10.0 Å². The molecule has 1 heterocycles. The summed E-state index contributed by atoms with van der Waals surface area (Å²) < 4.78 is 72.8. The second-order valence-corrected chi connectivity index (χ2v) is 9.45. The van der Waals surface area contributed by atoms with Gasteiger partial charge in [0.05, 0.1) is 22.9 Å². The minimum atomic E-state index is -4.72. The summed E-state index contributed by atoms with van der Waals surface area (Å²) in [5.41, 5.74) is -0.00298. The lowest BCUT2D eigenvalue weighted by Crippen LogP contribution is -2.13. The lowest BCUT2D eigenvalue weighted by Gasteiger charge is -2.11. The lowest BCUT2D eigenvalue weighted by molar-refractivity contribution is -0.136. The monoisotopic (exact) mass is 498 g/mol. The highest BCUT2D eigenvalue weighted by atomic mass is 32.2. The van der Waals surface area contributed by atoms with Gasteiger partial charge in [-0.05, 0) is 59.5 Å². The van der Waals surface area contributed by atoms with Gasteiger partial charge in [-0.3, -0.25) is 4.72 Å². The smallest absolute Gasteiger partial charge is 0.417 e. The van der Waals surface area contributed by atoms with Crippen LogP contribution in [0.25, 0.3) is 11.0 Å². The van der Waals surface area contributed by atoms with Crippen molar-refractivity contribution in [1.29, 1.82) is 5.26 Å². The summed E-state index contributed by atoms with van der Waals surface area (Å²) in [4.78, 5) is 11.5. The van der Waals surface area contributed by atoms with Crippen molar-refractivity contribution in [2.45, 2.75) is 23.9 Å². The summed E-state index contributed by atoms with van der Waals surface area (Å²) in [6.07, 6.45) is -4.26. The van der Waals surface area contributed by atoms with E-state index < -0.39 is 27.4 Å². The Bertz CT molecular complexity index is 1590. The van der Waals surface area contributed by atoms with Gasteiger partial charge in [-0.2, -0.15) is 18.4 Å². The molecule has 6 nitrogen and oxygen atoms in total. The van der Waals surface area contributed by atoms with Crippen molar-refractivity contribution in [3.8, 4) is 6.07 Å². The van der Waals surface area contributed by atoms with Gasteiger partial charge in [0, 0.05) is 17.1 Å². The van der Waals surface area contributed by atoms with Crippen molar-refractivity contribution in [3.63, 3.8) is 0 Å². The maximum Gasteiger partial charge on any atom is 0.417 e. The van der Waals surface area contributed by atoms with E-state index in [2.05, 4.69) is 4.72 Å². The molecule has 0 aliphatic rings. The molecular formula is C25H17F3N2O4S. The van der Waals surface area contributed by atoms with Gasteiger partial charge in [0.2, 0.25) is 0 Å². The van der Waals surface area contributed by atoms with E-state index in [0.717, 1.165) is 5.56 Å². The van der Waals surface area contributed by atoms with Gasteiger partial charge in [0.1, 0.15) is 5.58 Å². The molecule has 3 aromatic carbocycles. The first-order chi connectivity index (χ1) is 16.5. The molecule has 0 atom stereocenters. The van der Waals surface area contributed by atoms with Crippen LogP contribution in [0.3, 0.4) is 0 Å². The van der Waals surface area contributed by atoms with Crippen LogP contribution in [0.15, 0.2) is 86.9 Å². The summed E-state index contributed by atoms with van der Waals surface area (Å²) in [6, 6.07) is 19.0. The van der Waals surface area contributed by atoms with Crippen molar-refractivity contribution < 1.29 is 26.0 Å². The zero-order valence-electron chi connectivity index (χ0n) is 18.0. The first-order valence-electron chi connectivity index (χ1n) is 10.3. The minimum absolute atomic E-state index is 0.0157. The van der Waals surface area contributed by atoms with E-state index in [0.29, 0.717) is 22.9 Å². The van der Waals surface area contributed by atoms with Crippen molar-refractivity contribution in [3.05, 3.63) is 105 Å². The van der Waals surface area contributed by atoms with E-state index in [4.69, 9.17) is 9.68 Å². The number of hydrogen-bond acceptors (Lipinski definition) is 5. The number of anilines is 1. The number of nitrogens with zero attached hydrogens (tertiary/aromatic N) is 1. The predicted octanol–water partition coefficient (Wildman–Crippen LogP) is 5.27. The number of fused-ring (bicyclic) bond motifs is 1. The summed E-state index contributed by atoms with van der Waals surface area (Å²) in [5.74, 6) is 0. The van der Waals surface area contributed by atoms with E-state index >= 15 is 0 Å². The van der Waals surface area contributed by atoms with E-state index in [9.17, 15) is 26.4 Å². The van der Waals surface area contributed by atoms with Crippen LogP contribution in [-0.4, -0.2) is 8.42 Å². The number of benzene rings is 3. The number of rotatable bonds is 6. The van der Waals surface area contributed by atoms with Crippen LogP contribution >= 0.6 is 0 Å². The Kier molecular flexibility index (Phi) is 6.37. The molecule has 1 N–H and O–H groups in total. The third kappa shape index (κ3) is 5.53. The maximum atomic E-state index is 13.4. The summed E-state index contributed by atoms with van der Waals surface area (Å²) in [5, 5.41) is 8.50. The fourth-order valence-corrected chi connectivity index (χ4v) is 4.63. The van der Waals surface area contributed by atoms with Crippen molar-refractivity contribution in [2.24, 2.45) is 0 Å². The molecule has 0 unspecified atom stereocenters. The molecule has 10 heteroatoms. The van der Waals surface area contributed by atoms with Crippen LogP contribution in [0.5, 0.6) is 0 Å². The molecule has 0 radical (unpaired) electrons. The second kappa shape index (κ2) is 9.27. The van der Waals surface area contributed by atoms with E-state index in [1.165, 1.54) is 24.3 Å². The quantitative estimate of drug-likeness (QED) is 0.365. The number of sulfonamides is 1. The summed E-state index contributed by atoms with van der Waals surface area (Å²) in [6.45, 7) is 0. The summed E-state index contributed by atoms with van der Waals surface area (Å²) >= 11 is 0. The molecule has 1 aromatic heterocycles. The molecular weight excluding hydrogens is 481 g/mol. The van der Waals surface area contributed by atoms with Gasteiger partial charge >= 0.3 is 11.8 Å². The topological polar surface area (TPSA) is 100 Å². The van der Waals surface area contributed by atoms with E-state index in [1.807, 2.05) is 6.07 Å². The van der Waals surface area contributed by atoms with Gasteiger partial charge in [0.15, 0.2) is 0 Å². The molecule has 0 amide bonds. The van der Waals surface area contributed by atoms with Crippen LogP contribution in [0, 0.1) is 11.3 Å². The van der Waals surface area contributed by atoms with Crippen LogP contribution in [0.1, 0.15) is 22.3 Å². The van der Waals surface area contributed by atoms with Crippen LogP contribution in [0.4, 0.5) is 18.9 Å². The second-order valence-electron chi connectivity index (χ2n) is 7.77. The number of hydrogen-bond donors (Lipinski definition) is 1. The van der Waals surface area contributed by atoms with Crippen LogP contribution < -0.4 is 10.3 Å². The SMILES string of the molecule is N#CCc1ccc(NS(=O)(=O)c2ccc(Cc3ccc4oc(=O)cc(C(F)(F)F)c4c3)cc2)cc1. The Morgan fingerprint density at radius 2 is 1.51 bits per heavy atom. The Morgan fingerprint density at radius 1 is 0.886 bits per heavy atom. The molecule has 0 fully saturated rings. The number of nitriles is 1. The predicted molar refractivity (Wildman–Crippen MR) is 123 cm³/mol. The molecule has 0 aliphatic carbocycles. The molecule has 4 aromatic rings. The van der Waals surface area contributed by atoms with Crippen molar-refractivity contribution in [2.75, 3.05) is 4.72 Å². The van der Waals surface area contributed by atoms with E-state index in [1.54, 1.807) is 42.5 Å². The van der Waals surface area contributed by atoms with Gasteiger partial charge in [-0.15, -0.1) is 0 Å². The maximum absolute atomic E-state index is 13.4. The molecule has 0 saturated heterocycles. The van der Waals surface area contributed by atoms with Gasteiger partial charge in [-0.1, -0.05) is 30.3 Å². The average Bonchev–Trinajstić information content (AvgIpc) is 2.80. The molecule has 4 rings (SSSR count). The molecule has 0 bridgehead atoms. The Balaban J connectivity index is 1.54. The van der Waals surface area contributed by atoms with Crippen molar-refractivity contribution in [1.82, 2.24) is 0 Å².